The van der Waals surface area contributed by atoms with Gasteiger partial charge in [-0.25, -0.2) is 13.8 Å². The summed E-state index contributed by atoms with van der Waals surface area (Å²) in [6, 6.07) is 10.8. The molecule has 0 unspecified atom stereocenters. The van der Waals surface area contributed by atoms with Gasteiger partial charge in [-0.15, -0.1) is 0 Å². The molecule has 0 radical (unpaired) electrons. The van der Waals surface area contributed by atoms with Gasteiger partial charge in [0, 0.05) is 12.1 Å². The first-order valence-electron chi connectivity index (χ1n) is 8.62. The summed E-state index contributed by atoms with van der Waals surface area (Å²) in [4.78, 5) is 22.5. The maximum atomic E-state index is 12.3. The van der Waals surface area contributed by atoms with Gasteiger partial charge in [0.15, 0.2) is 0 Å². The normalized spacial score (nSPS) is 11.8. The number of carbonyl (C=O) groups is 1. The lowest BCUT2D eigenvalue weighted by atomic mass is 10.1. The second-order valence-electron chi connectivity index (χ2n) is 6.57. The average Bonchev–Trinajstić information content (AvgIpc) is 2.65. The Bertz CT molecular complexity index is 1060. The maximum Gasteiger partial charge on any atom is 0.269 e. The number of sulfonamides is 1. The minimum atomic E-state index is -3.69. The third-order valence-corrected chi connectivity index (χ3v) is 5.45. The van der Waals surface area contributed by atoms with Gasteiger partial charge in [0.2, 0.25) is 10.0 Å². The van der Waals surface area contributed by atoms with E-state index < -0.39 is 27.4 Å². The minimum Gasteiger partial charge on any atom is -0.271 e. The van der Waals surface area contributed by atoms with Gasteiger partial charge in [-0.3, -0.25) is 19.2 Å². The van der Waals surface area contributed by atoms with Gasteiger partial charge in [0.25, 0.3) is 11.6 Å². The van der Waals surface area contributed by atoms with E-state index in [0.717, 1.165) is 21.7 Å². The molecule has 9 nitrogen and oxygen atoms in total. The number of hydrazone groups is 1. The van der Waals surface area contributed by atoms with Crippen LogP contribution in [-0.2, 0) is 14.8 Å². The van der Waals surface area contributed by atoms with Crippen LogP contribution >= 0.6 is 0 Å². The molecule has 0 fully saturated rings. The fourth-order valence-corrected chi connectivity index (χ4v) is 3.33. The number of hydrogen-bond donors (Lipinski definition) is 1. The number of nitrogens with zero attached hydrogens (tertiary/aromatic N) is 3. The van der Waals surface area contributed by atoms with Gasteiger partial charge >= 0.3 is 0 Å². The highest BCUT2D eigenvalue weighted by atomic mass is 32.2. The molecule has 0 spiro atoms. The first-order chi connectivity index (χ1) is 13.5. The number of anilines is 1. The number of nitro groups is 1. The molecule has 0 aromatic heterocycles. The summed E-state index contributed by atoms with van der Waals surface area (Å²) >= 11 is 0. The van der Waals surface area contributed by atoms with Crippen molar-refractivity contribution in [3.05, 3.63) is 69.3 Å². The molecule has 2 rings (SSSR count). The number of hydrogen-bond acceptors (Lipinski definition) is 6. The Hall–Kier alpha value is -3.27. The van der Waals surface area contributed by atoms with Crippen LogP contribution in [0.2, 0.25) is 0 Å². The number of rotatable bonds is 7. The Morgan fingerprint density at radius 1 is 1.14 bits per heavy atom. The van der Waals surface area contributed by atoms with Crippen molar-refractivity contribution in [1.29, 1.82) is 0 Å². The molecular weight excluding hydrogens is 396 g/mol. The molecule has 2 aromatic rings. The molecule has 2 aromatic carbocycles. The smallest absolute Gasteiger partial charge is 0.269 e. The van der Waals surface area contributed by atoms with E-state index >= 15 is 0 Å². The molecule has 0 saturated heterocycles. The predicted molar refractivity (Wildman–Crippen MR) is 112 cm³/mol. The first-order valence-corrected chi connectivity index (χ1v) is 10.5. The molecule has 154 valence electrons. The molecule has 0 atom stereocenters. The van der Waals surface area contributed by atoms with E-state index in [1.165, 1.54) is 24.3 Å². The lowest BCUT2D eigenvalue weighted by Gasteiger charge is -2.22. The van der Waals surface area contributed by atoms with Gasteiger partial charge in [-0.1, -0.05) is 6.07 Å². The van der Waals surface area contributed by atoms with Crippen LogP contribution in [-0.4, -0.2) is 37.8 Å². The summed E-state index contributed by atoms with van der Waals surface area (Å²) in [5.41, 5.74) is 5.59. The minimum absolute atomic E-state index is 0.0530. The van der Waals surface area contributed by atoms with Crippen molar-refractivity contribution in [2.45, 2.75) is 20.8 Å². The van der Waals surface area contributed by atoms with Crippen LogP contribution in [0.3, 0.4) is 0 Å². The van der Waals surface area contributed by atoms with Gasteiger partial charge in [-0.05, 0) is 61.7 Å². The fourth-order valence-electron chi connectivity index (χ4n) is 2.48. The average molecular weight is 418 g/mol. The first kappa shape index (κ1) is 22.0. The Morgan fingerprint density at radius 2 is 1.76 bits per heavy atom. The molecule has 0 aliphatic heterocycles. The van der Waals surface area contributed by atoms with Gasteiger partial charge in [-0.2, -0.15) is 5.10 Å². The quantitative estimate of drug-likeness (QED) is 0.421. The summed E-state index contributed by atoms with van der Waals surface area (Å²) in [6.45, 7) is 4.96. The SMILES string of the molecule is C/C(=N/NC(=O)CN(c1ccc(C)c(C)c1)S(C)(=O)=O)c1ccc([N+](=O)[O-])cc1. The number of aryl methyl sites for hydroxylation is 2. The molecule has 0 aliphatic rings. The molecule has 10 heteroatoms. The standard InChI is InChI=1S/C19H22N4O5S/c1-13-5-8-18(11-14(13)2)22(29(4,27)28)12-19(24)21-20-15(3)16-6-9-17(10-7-16)23(25)26/h5-11H,12H2,1-4H3,(H,21,24)/b20-15-. The van der Waals surface area contributed by atoms with Gasteiger partial charge in [0.1, 0.15) is 6.54 Å². The molecule has 0 heterocycles. The monoisotopic (exact) mass is 418 g/mol. The van der Waals surface area contributed by atoms with Crippen LogP contribution in [0.15, 0.2) is 47.6 Å². The molecule has 0 aliphatic carbocycles. The molecular formula is C19H22N4O5S. The second kappa shape index (κ2) is 8.82. The molecule has 0 saturated carbocycles. The third kappa shape index (κ3) is 5.85. The molecule has 1 amide bonds. The highest BCUT2D eigenvalue weighted by molar-refractivity contribution is 7.92. The highest BCUT2D eigenvalue weighted by Crippen LogP contribution is 2.21. The number of benzene rings is 2. The van der Waals surface area contributed by atoms with Crippen molar-refractivity contribution >= 4 is 33.0 Å². The summed E-state index contributed by atoms with van der Waals surface area (Å²) < 4.78 is 25.3. The van der Waals surface area contributed by atoms with Crippen LogP contribution in [0.1, 0.15) is 23.6 Å². The number of carbonyl (C=O) groups excluding carboxylic acids is 1. The number of nitrogens with one attached hydrogen (secondary N) is 1. The Kier molecular flexibility index (Phi) is 6.70. The Labute approximate surface area is 169 Å². The largest absolute Gasteiger partial charge is 0.271 e. The summed E-state index contributed by atoms with van der Waals surface area (Å²) in [7, 11) is -3.69. The number of nitro benzene ring substituents is 1. The van der Waals surface area contributed by atoms with E-state index in [0.29, 0.717) is 17.0 Å². The van der Waals surface area contributed by atoms with Crippen LogP contribution in [0.25, 0.3) is 0 Å². The van der Waals surface area contributed by atoms with E-state index in [4.69, 9.17) is 0 Å². The Balaban J connectivity index is 2.14. The van der Waals surface area contributed by atoms with E-state index in [1.54, 1.807) is 25.1 Å². The van der Waals surface area contributed by atoms with Crippen LogP contribution < -0.4 is 9.73 Å². The zero-order chi connectivity index (χ0) is 21.8. The van der Waals surface area contributed by atoms with E-state index in [9.17, 15) is 23.3 Å². The lowest BCUT2D eigenvalue weighted by molar-refractivity contribution is -0.384. The summed E-state index contributed by atoms with van der Waals surface area (Å²) in [6.07, 6.45) is 1.03. The van der Waals surface area contributed by atoms with Crippen molar-refractivity contribution in [3.63, 3.8) is 0 Å². The van der Waals surface area contributed by atoms with Crippen molar-refractivity contribution in [2.75, 3.05) is 17.1 Å². The molecule has 1 N–H and O–H groups in total. The van der Waals surface area contributed by atoms with Crippen molar-refractivity contribution in [1.82, 2.24) is 5.43 Å². The summed E-state index contributed by atoms with van der Waals surface area (Å²) in [5.74, 6) is -0.616. The van der Waals surface area contributed by atoms with Crippen LogP contribution in [0, 0.1) is 24.0 Å². The zero-order valence-corrected chi connectivity index (χ0v) is 17.4. The van der Waals surface area contributed by atoms with Crippen molar-refractivity contribution in [2.24, 2.45) is 5.10 Å². The highest BCUT2D eigenvalue weighted by Gasteiger charge is 2.21. The molecule has 0 bridgehead atoms. The van der Waals surface area contributed by atoms with Crippen molar-refractivity contribution in [3.8, 4) is 0 Å². The zero-order valence-electron chi connectivity index (χ0n) is 16.5. The summed E-state index contributed by atoms with van der Waals surface area (Å²) in [5, 5.41) is 14.7. The maximum absolute atomic E-state index is 12.3. The molecule has 29 heavy (non-hydrogen) atoms. The van der Waals surface area contributed by atoms with E-state index in [1.807, 2.05) is 13.8 Å². The van der Waals surface area contributed by atoms with Crippen LogP contribution in [0.4, 0.5) is 11.4 Å². The van der Waals surface area contributed by atoms with Crippen molar-refractivity contribution < 1.29 is 18.1 Å². The van der Waals surface area contributed by atoms with Crippen LogP contribution in [0.5, 0.6) is 0 Å². The van der Waals surface area contributed by atoms with E-state index in [-0.39, 0.29) is 5.69 Å². The third-order valence-electron chi connectivity index (χ3n) is 4.31. The van der Waals surface area contributed by atoms with E-state index in [2.05, 4.69) is 10.5 Å². The van der Waals surface area contributed by atoms with Gasteiger partial charge in [0.05, 0.1) is 22.6 Å². The van der Waals surface area contributed by atoms with Gasteiger partial charge < -0.3 is 0 Å². The fraction of sp³-hybridized carbons (Fsp3) is 0.263. The second-order valence-corrected chi connectivity index (χ2v) is 8.48. The number of amides is 1. The lowest BCUT2D eigenvalue weighted by Crippen LogP contribution is -2.39. The predicted octanol–water partition coefficient (Wildman–Crippen LogP) is 2.52. The topological polar surface area (TPSA) is 122 Å². The number of non-ortho nitro benzene ring substituents is 1. The Morgan fingerprint density at radius 3 is 2.28 bits per heavy atom.